The van der Waals surface area contributed by atoms with E-state index in [1.165, 1.54) is 23.5 Å². The minimum absolute atomic E-state index is 0.0660. The molecule has 1 aromatic heterocycles. The van der Waals surface area contributed by atoms with Crippen molar-refractivity contribution in [2.45, 2.75) is 90.1 Å². The van der Waals surface area contributed by atoms with Crippen LogP contribution >= 0.6 is 11.3 Å². The molecule has 59 heavy (non-hydrogen) atoms. The number of benzene rings is 3. The van der Waals surface area contributed by atoms with Gasteiger partial charge in [-0.15, -0.1) is 11.3 Å². The normalized spacial score (nSPS) is 17.2. The molecule has 4 aromatic rings. The van der Waals surface area contributed by atoms with Gasteiger partial charge in [0.1, 0.15) is 16.9 Å². The number of amides is 4. The van der Waals surface area contributed by atoms with Crippen LogP contribution in [0.25, 0.3) is 20.8 Å². The maximum absolute atomic E-state index is 14.1. The van der Waals surface area contributed by atoms with Crippen molar-refractivity contribution in [1.29, 1.82) is 0 Å². The van der Waals surface area contributed by atoms with E-state index in [2.05, 4.69) is 34.8 Å². The number of aromatic nitrogens is 1. The third kappa shape index (κ3) is 11.1. The first-order valence-corrected chi connectivity index (χ1v) is 21.2. The van der Waals surface area contributed by atoms with Crippen molar-refractivity contribution in [3.63, 3.8) is 0 Å². The van der Waals surface area contributed by atoms with Gasteiger partial charge >= 0.3 is 0 Å². The lowest BCUT2D eigenvalue weighted by atomic mass is 9.90. The highest BCUT2D eigenvalue weighted by Crippen LogP contribution is 2.33. The van der Waals surface area contributed by atoms with Crippen LogP contribution in [0, 0.1) is 24.6 Å². The van der Waals surface area contributed by atoms with Gasteiger partial charge in [0.15, 0.2) is 0 Å². The minimum Gasteiger partial charge on any atom is -0.379 e. The van der Waals surface area contributed by atoms with Crippen LogP contribution in [0.5, 0.6) is 0 Å². The molecule has 7 atom stereocenters. The van der Waals surface area contributed by atoms with Crippen LogP contribution in [-0.4, -0.2) is 110 Å². The van der Waals surface area contributed by atoms with Crippen LogP contribution in [0.1, 0.15) is 57.6 Å². The molecular weight excluding hydrogens is 772 g/mol. The number of rotatable bonds is 19. The Labute approximate surface area is 351 Å². The molecular formula is C45H59FN6O6S. The third-order valence-corrected chi connectivity index (χ3v) is 12.7. The summed E-state index contributed by atoms with van der Waals surface area (Å²) in [6.07, 6.45) is 1.31. The Bertz CT molecular complexity index is 2060. The summed E-state index contributed by atoms with van der Waals surface area (Å²) in [6, 6.07) is 18.0. The predicted octanol–water partition coefficient (Wildman–Crippen LogP) is 6.22. The number of anilines is 1. The molecule has 0 saturated carbocycles. The molecule has 12 nitrogen and oxygen atoms in total. The second-order valence-electron chi connectivity index (χ2n) is 15.6. The van der Waals surface area contributed by atoms with Crippen LogP contribution in [0.3, 0.4) is 0 Å². The van der Waals surface area contributed by atoms with E-state index >= 15 is 0 Å². The number of nitrogens with zero attached hydrogens (tertiary/aromatic N) is 3. The Balaban J connectivity index is 1.30. The van der Waals surface area contributed by atoms with Crippen molar-refractivity contribution in [2.24, 2.45) is 11.8 Å². The van der Waals surface area contributed by atoms with Gasteiger partial charge in [-0.05, 0) is 74.2 Å². The quantitative estimate of drug-likeness (QED) is 0.101. The van der Waals surface area contributed by atoms with Crippen LogP contribution in [-0.2, 0) is 35.1 Å². The third-order valence-electron chi connectivity index (χ3n) is 11.6. The standard InChI is InChI=1S/C45H59FN6O6S/c1-9-27(2)41(51(6)40(54)26-47-5)37(57-7)25-39(53)52-21-13-16-36(52)42(58-8)29(4)43(55)49-35(23-30-14-11-10-12-15-30)44(56)48-33-19-17-31(22-28(33)3)45-50-34-24-32(46)18-20-38(34)59-45/h10-12,14-15,17-20,22,24,27,29,35-37,41-42,47H,9,13,16,21,23,25-26H2,1-8H3,(H,48,56)(H,49,55). The van der Waals surface area contributed by atoms with Crippen molar-refractivity contribution >= 4 is 50.9 Å². The number of hydrogen-bond donors (Lipinski definition) is 3. The summed E-state index contributed by atoms with van der Waals surface area (Å²) in [5.74, 6) is -1.95. The smallest absolute Gasteiger partial charge is 0.247 e. The molecule has 1 aliphatic heterocycles. The van der Waals surface area contributed by atoms with Crippen LogP contribution < -0.4 is 16.0 Å². The summed E-state index contributed by atoms with van der Waals surface area (Å²) in [7, 11) is 6.59. The van der Waals surface area contributed by atoms with E-state index in [0.29, 0.717) is 24.2 Å². The van der Waals surface area contributed by atoms with Gasteiger partial charge in [-0.25, -0.2) is 9.37 Å². The van der Waals surface area contributed by atoms with Crippen LogP contribution in [0.2, 0.25) is 0 Å². The number of thiazole rings is 1. The first kappa shape index (κ1) is 45.3. The molecule has 0 aliphatic carbocycles. The van der Waals surface area contributed by atoms with Gasteiger partial charge in [0.25, 0.3) is 0 Å². The van der Waals surface area contributed by atoms with Crippen molar-refractivity contribution in [3.8, 4) is 10.6 Å². The Kier molecular flexibility index (Phi) is 16.1. The zero-order chi connectivity index (χ0) is 42.8. The van der Waals surface area contributed by atoms with E-state index in [0.717, 1.165) is 39.2 Å². The summed E-state index contributed by atoms with van der Waals surface area (Å²) >= 11 is 1.46. The number of aryl methyl sites for hydroxylation is 1. The number of likely N-dealkylation sites (N-methyl/N-ethyl adjacent to an activating group) is 2. The molecule has 1 aliphatic rings. The highest BCUT2D eigenvalue weighted by molar-refractivity contribution is 7.21. The monoisotopic (exact) mass is 830 g/mol. The Morgan fingerprint density at radius 1 is 1.02 bits per heavy atom. The molecule has 1 fully saturated rings. The number of methoxy groups -OCH3 is 2. The average molecular weight is 831 g/mol. The molecule has 2 heterocycles. The van der Waals surface area contributed by atoms with E-state index in [-0.39, 0.29) is 66.8 Å². The van der Waals surface area contributed by atoms with Crippen molar-refractivity contribution in [2.75, 3.05) is 46.7 Å². The van der Waals surface area contributed by atoms with Gasteiger partial charge in [-0.1, -0.05) is 57.5 Å². The van der Waals surface area contributed by atoms with E-state index in [4.69, 9.17) is 9.47 Å². The summed E-state index contributed by atoms with van der Waals surface area (Å²) < 4.78 is 26.6. The number of hydrogen-bond acceptors (Lipinski definition) is 9. The minimum atomic E-state index is -0.924. The zero-order valence-electron chi connectivity index (χ0n) is 35.4. The van der Waals surface area contributed by atoms with Crippen LogP contribution in [0.15, 0.2) is 66.7 Å². The van der Waals surface area contributed by atoms with Gasteiger partial charge < -0.3 is 35.2 Å². The summed E-state index contributed by atoms with van der Waals surface area (Å²) in [4.78, 5) is 63.3. The van der Waals surface area contributed by atoms with Gasteiger partial charge in [0, 0.05) is 51.6 Å². The maximum atomic E-state index is 14.1. The Morgan fingerprint density at radius 3 is 2.42 bits per heavy atom. The SMILES string of the molecule is CCC(C)C(C(CC(=O)N1CCCC1C(OC)C(C)C(=O)NC(Cc1ccccc1)C(=O)Nc1ccc(-c2nc3cc(F)ccc3s2)cc1C)OC)N(C)C(=O)CNC. The summed E-state index contributed by atoms with van der Waals surface area (Å²) in [5, 5.41) is 9.70. The second-order valence-corrected chi connectivity index (χ2v) is 16.6. The maximum Gasteiger partial charge on any atom is 0.247 e. The lowest BCUT2D eigenvalue weighted by Gasteiger charge is -2.39. The molecule has 4 amide bonds. The van der Waals surface area contributed by atoms with Crippen molar-refractivity contribution in [1.82, 2.24) is 25.4 Å². The number of likely N-dealkylation sites (tertiary alicyclic amines) is 1. The van der Waals surface area contributed by atoms with E-state index < -0.39 is 24.2 Å². The van der Waals surface area contributed by atoms with Gasteiger partial charge in [-0.3, -0.25) is 19.2 Å². The number of ether oxygens (including phenoxy) is 2. The van der Waals surface area contributed by atoms with Crippen molar-refractivity contribution < 1.29 is 33.0 Å². The fourth-order valence-corrected chi connectivity index (χ4v) is 9.09. The molecule has 5 rings (SSSR count). The van der Waals surface area contributed by atoms with E-state index in [1.54, 1.807) is 51.1 Å². The fourth-order valence-electron chi connectivity index (χ4n) is 8.14. The molecule has 7 unspecified atom stereocenters. The van der Waals surface area contributed by atoms with Gasteiger partial charge in [-0.2, -0.15) is 0 Å². The number of carbonyl (C=O) groups is 4. The first-order chi connectivity index (χ1) is 28.3. The molecule has 0 spiro atoms. The summed E-state index contributed by atoms with van der Waals surface area (Å²) in [5.41, 5.74) is 3.69. The second kappa shape index (κ2) is 21.0. The lowest BCUT2D eigenvalue weighted by Crippen LogP contribution is -2.55. The number of carbonyl (C=O) groups excluding carboxylic acids is 4. The molecule has 14 heteroatoms. The molecule has 0 bridgehead atoms. The van der Waals surface area contributed by atoms with E-state index in [1.807, 2.05) is 55.5 Å². The van der Waals surface area contributed by atoms with Crippen molar-refractivity contribution in [3.05, 3.63) is 83.7 Å². The van der Waals surface area contributed by atoms with E-state index in [9.17, 15) is 23.6 Å². The molecule has 3 N–H and O–H groups in total. The van der Waals surface area contributed by atoms with Crippen LogP contribution in [0.4, 0.5) is 10.1 Å². The predicted molar refractivity (Wildman–Crippen MR) is 231 cm³/mol. The number of halogens is 1. The number of nitrogens with one attached hydrogen (secondary N) is 3. The fraction of sp³-hybridized carbons (Fsp3) is 0.489. The lowest BCUT2D eigenvalue weighted by molar-refractivity contribution is -0.145. The molecule has 0 radical (unpaired) electrons. The van der Waals surface area contributed by atoms with Gasteiger partial charge in [0.2, 0.25) is 23.6 Å². The van der Waals surface area contributed by atoms with Gasteiger partial charge in [0.05, 0.1) is 53.4 Å². The molecule has 318 valence electrons. The highest BCUT2D eigenvalue weighted by atomic mass is 32.1. The Morgan fingerprint density at radius 2 is 1.76 bits per heavy atom. The average Bonchev–Trinajstić information content (AvgIpc) is 3.89. The number of fused-ring (bicyclic) bond motifs is 1. The summed E-state index contributed by atoms with van der Waals surface area (Å²) in [6.45, 7) is 8.44. The first-order valence-electron chi connectivity index (χ1n) is 20.4. The molecule has 1 saturated heterocycles. The topological polar surface area (TPSA) is 142 Å². The highest BCUT2D eigenvalue weighted by Gasteiger charge is 2.42. The molecule has 3 aromatic carbocycles. The zero-order valence-corrected chi connectivity index (χ0v) is 36.2. The largest absolute Gasteiger partial charge is 0.379 e. The Hall–Kier alpha value is -4.76.